The molecule has 26 heavy (non-hydrogen) atoms. The number of rotatable bonds is 8. The first-order chi connectivity index (χ1) is 12.3. The number of carbonyl (C=O) groups excluding carboxylic acids is 3. The first-order valence-corrected chi connectivity index (χ1v) is 9.02. The third kappa shape index (κ3) is 4.45. The highest BCUT2D eigenvalue weighted by Crippen LogP contribution is 2.38. The maximum absolute atomic E-state index is 12.3. The van der Waals surface area contributed by atoms with Crippen LogP contribution in [0, 0.1) is 19.8 Å². The van der Waals surface area contributed by atoms with Gasteiger partial charge in [0.25, 0.3) is 5.91 Å². The first-order valence-electron chi connectivity index (χ1n) is 9.02. The van der Waals surface area contributed by atoms with Crippen molar-refractivity contribution in [2.75, 3.05) is 13.7 Å². The highest BCUT2D eigenvalue weighted by atomic mass is 16.5. The Bertz CT molecular complexity index is 690. The molecule has 7 nitrogen and oxygen atoms in total. The Kier molecular flexibility index (Phi) is 6.45. The standard InChI is InChI=1S/C19H28N2O5/c1-6-11(2)17(19(24)25-5)20-16(22)10-26-18(23)15-9-12(3)21(13(15)4)14-7-8-14/h9,11,14,17H,6-8,10H2,1-5H3,(H,20,22)/t11-,17+/m0/s1. The van der Waals surface area contributed by atoms with E-state index in [1.54, 1.807) is 6.07 Å². The molecule has 1 aromatic rings. The molecule has 0 aliphatic heterocycles. The minimum absolute atomic E-state index is 0.0837. The maximum atomic E-state index is 12.3. The zero-order chi connectivity index (χ0) is 19.4. The van der Waals surface area contributed by atoms with Crippen LogP contribution in [0.1, 0.15) is 60.9 Å². The van der Waals surface area contributed by atoms with Gasteiger partial charge >= 0.3 is 11.9 Å². The fraction of sp³-hybridized carbons (Fsp3) is 0.632. The molecule has 1 aliphatic carbocycles. The Morgan fingerprint density at radius 3 is 2.50 bits per heavy atom. The Morgan fingerprint density at radius 2 is 1.96 bits per heavy atom. The van der Waals surface area contributed by atoms with Gasteiger partial charge in [0.05, 0.1) is 12.7 Å². The molecule has 2 atom stereocenters. The lowest BCUT2D eigenvalue weighted by Gasteiger charge is -2.21. The van der Waals surface area contributed by atoms with Crippen molar-refractivity contribution >= 4 is 17.8 Å². The van der Waals surface area contributed by atoms with Gasteiger partial charge in [0.2, 0.25) is 0 Å². The predicted molar refractivity (Wildman–Crippen MR) is 95.9 cm³/mol. The Hall–Kier alpha value is -2.31. The van der Waals surface area contributed by atoms with E-state index in [-0.39, 0.29) is 5.92 Å². The van der Waals surface area contributed by atoms with Crippen LogP contribution in [0.4, 0.5) is 0 Å². The molecule has 0 aromatic carbocycles. The van der Waals surface area contributed by atoms with E-state index in [1.807, 2.05) is 27.7 Å². The zero-order valence-electron chi connectivity index (χ0n) is 16.1. The van der Waals surface area contributed by atoms with Crippen molar-refractivity contribution in [3.8, 4) is 0 Å². The molecule has 1 aromatic heterocycles. The van der Waals surface area contributed by atoms with Gasteiger partial charge in [-0.05, 0) is 38.7 Å². The topological polar surface area (TPSA) is 86.6 Å². The van der Waals surface area contributed by atoms with Crippen LogP contribution >= 0.6 is 0 Å². The first kappa shape index (κ1) is 20.0. The fourth-order valence-corrected chi connectivity index (χ4v) is 3.10. The van der Waals surface area contributed by atoms with E-state index in [9.17, 15) is 14.4 Å². The van der Waals surface area contributed by atoms with Crippen molar-refractivity contribution in [2.24, 2.45) is 5.92 Å². The van der Waals surface area contributed by atoms with Crippen molar-refractivity contribution in [2.45, 2.75) is 59.0 Å². The maximum Gasteiger partial charge on any atom is 0.340 e. The molecule has 1 heterocycles. The van der Waals surface area contributed by atoms with Gasteiger partial charge in [-0.1, -0.05) is 20.3 Å². The Morgan fingerprint density at radius 1 is 1.31 bits per heavy atom. The van der Waals surface area contributed by atoms with Crippen LogP contribution < -0.4 is 5.32 Å². The second-order valence-electron chi connectivity index (χ2n) is 6.92. The van der Waals surface area contributed by atoms with Crippen molar-refractivity contribution < 1.29 is 23.9 Å². The number of hydrogen-bond donors (Lipinski definition) is 1. The number of methoxy groups -OCH3 is 1. The lowest BCUT2D eigenvalue weighted by molar-refractivity contribution is -0.147. The van der Waals surface area contributed by atoms with Gasteiger partial charge in [-0.3, -0.25) is 4.79 Å². The van der Waals surface area contributed by atoms with Crippen molar-refractivity contribution in [1.29, 1.82) is 0 Å². The average molecular weight is 364 g/mol. The number of nitrogens with zero attached hydrogens (tertiary/aromatic N) is 1. The molecule has 0 radical (unpaired) electrons. The molecule has 1 amide bonds. The summed E-state index contributed by atoms with van der Waals surface area (Å²) in [5.74, 6) is -1.64. The number of amides is 1. The summed E-state index contributed by atoms with van der Waals surface area (Å²) in [5, 5.41) is 2.59. The summed E-state index contributed by atoms with van der Waals surface area (Å²) in [7, 11) is 1.28. The highest BCUT2D eigenvalue weighted by Gasteiger charge is 2.30. The Balaban J connectivity index is 1.95. The smallest absolute Gasteiger partial charge is 0.340 e. The summed E-state index contributed by atoms with van der Waals surface area (Å²) >= 11 is 0. The number of ether oxygens (including phenoxy) is 2. The minimum atomic E-state index is -0.754. The summed E-state index contributed by atoms with van der Waals surface area (Å²) in [4.78, 5) is 36.3. The monoisotopic (exact) mass is 364 g/mol. The molecular weight excluding hydrogens is 336 g/mol. The number of hydrogen-bond acceptors (Lipinski definition) is 5. The van der Waals surface area contributed by atoms with Crippen molar-refractivity contribution in [3.63, 3.8) is 0 Å². The molecule has 0 spiro atoms. The van der Waals surface area contributed by atoms with Gasteiger partial charge in [0.1, 0.15) is 6.04 Å². The lowest BCUT2D eigenvalue weighted by atomic mass is 9.99. The van der Waals surface area contributed by atoms with Crippen LogP contribution in [-0.4, -0.2) is 42.2 Å². The van der Waals surface area contributed by atoms with E-state index in [0.29, 0.717) is 18.0 Å². The highest BCUT2D eigenvalue weighted by molar-refractivity contribution is 5.93. The number of aryl methyl sites for hydroxylation is 1. The van der Waals surface area contributed by atoms with Gasteiger partial charge < -0.3 is 19.4 Å². The summed E-state index contributed by atoms with van der Waals surface area (Å²) < 4.78 is 12.0. The molecular formula is C19H28N2O5. The molecule has 0 bridgehead atoms. The molecule has 1 aliphatic rings. The van der Waals surface area contributed by atoms with E-state index < -0.39 is 30.5 Å². The van der Waals surface area contributed by atoms with E-state index in [2.05, 4.69) is 9.88 Å². The normalized spacial score (nSPS) is 15.9. The number of aromatic nitrogens is 1. The van der Waals surface area contributed by atoms with Crippen LogP contribution in [0.25, 0.3) is 0 Å². The zero-order valence-corrected chi connectivity index (χ0v) is 16.1. The van der Waals surface area contributed by atoms with Crippen LogP contribution in [0.2, 0.25) is 0 Å². The van der Waals surface area contributed by atoms with Crippen molar-refractivity contribution in [3.05, 3.63) is 23.0 Å². The molecule has 1 saturated carbocycles. The van der Waals surface area contributed by atoms with E-state index in [0.717, 1.165) is 24.2 Å². The number of nitrogens with one attached hydrogen (secondary N) is 1. The molecule has 0 unspecified atom stereocenters. The third-order valence-electron chi connectivity index (χ3n) is 4.94. The summed E-state index contributed by atoms with van der Waals surface area (Å²) in [6.07, 6.45) is 2.95. The molecule has 1 N–H and O–H groups in total. The summed E-state index contributed by atoms with van der Waals surface area (Å²) in [6, 6.07) is 1.51. The summed E-state index contributed by atoms with van der Waals surface area (Å²) in [6.45, 7) is 7.18. The van der Waals surface area contributed by atoms with E-state index in [4.69, 9.17) is 9.47 Å². The van der Waals surface area contributed by atoms with E-state index in [1.165, 1.54) is 7.11 Å². The van der Waals surface area contributed by atoms with Crippen LogP contribution in [0.15, 0.2) is 6.07 Å². The summed E-state index contributed by atoms with van der Waals surface area (Å²) in [5.41, 5.74) is 2.36. The van der Waals surface area contributed by atoms with Crippen LogP contribution in [-0.2, 0) is 19.1 Å². The predicted octanol–water partition coefficient (Wildman–Crippen LogP) is 2.30. The van der Waals surface area contributed by atoms with Crippen molar-refractivity contribution in [1.82, 2.24) is 9.88 Å². The van der Waals surface area contributed by atoms with Gasteiger partial charge in [-0.2, -0.15) is 0 Å². The van der Waals surface area contributed by atoms with Gasteiger partial charge in [-0.15, -0.1) is 0 Å². The quantitative estimate of drug-likeness (QED) is 0.715. The lowest BCUT2D eigenvalue weighted by Crippen LogP contribution is -2.47. The molecule has 7 heteroatoms. The Labute approximate surface area is 154 Å². The second kappa shape index (κ2) is 8.38. The van der Waals surface area contributed by atoms with Gasteiger partial charge in [0.15, 0.2) is 6.61 Å². The third-order valence-corrected chi connectivity index (χ3v) is 4.94. The second-order valence-corrected chi connectivity index (χ2v) is 6.92. The average Bonchev–Trinajstić information content (AvgIpc) is 3.41. The fourth-order valence-electron chi connectivity index (χ4n) is 3.10. The number of esters is 2. The van der Waals surface area contributed by atoms with Crippen LogP contribution in [0.5, 0.6) is 0 Å². The largest absolute Gasteiger partial charge is 0.467 e. The minimum Gasteiger partial charge on any atom is -0.467 e. The van der Waals surface area contributed by atoms with Gasteiger partial charge in [0, 0.05) is 17.4 Å². The SMILES string of the molecule is CC[C@H](C)[C@@H](NC(=O)COC(=O)c1cc(C)n(C2CC2)c1C)C(=O)OC. The van der Waals surface area contributed by atoms with Gasteiger partial charge in [-0.25, -0.2) is 9.59 Å². The molecule has 2 rings (SSSR count). The molecule has 1 fully saturated rings. The number of carbonyl (C=O) groups is 3. The van der Waals surface area contributed by atoms with Crippen LogP contribution in [0.3, 0.4) is 0 Å². The molecule has 144 valence electrons. The van der Waals surface area contributed by atoms with E-state index >= 15 is 0 Å². The molecule has 0 saturated heterocycles.